The number of hydrogen-bond acceptors (Lipinski definition) is 5. The van der Waals surface area contributed by atoms with E-state index in [2.05, 4.69) is 10.6 Å². The van der Waals surface area contributed by atoms with Crippen LogP contribution in [0.1, 0.15) is 47.7 Å². The summed E-state index contributed by atoms with van der Waals surface area (Å²) in [5.74, 6) is -0.328. The van der Waals surface area contributed by atoms with Crippen LogP contribution in [-0.2, 0) is 26.6 Å². The second-order valence-corrected chi connectivity index (χ2v) is 11.7. The van der Waals surface area contributed by atoms with E-state index in [1.165, 1.54) is 0 Å². The number of benzene rings is 3. The van der Waals surface area contributed by atoms with E-state index in [-0.39, 0.29) is 28.9 Å². The third-order valence-corrected chi connectivity index (χ3v) is 8.78. The lowest BCUT2D eigenvalue weighted by Crippen LogP contribution is -2.51. The molecule has 0 saturated heterocycles. The highest BCUT2D eigenvalue weighted by Crippen LogP contribution is 2.41. The van der Waals surface area contributed by atoms with Crippen LogP contribution in [0.15, 0.2) is 88.4 Å². The Morgan fingerprint density at radius 2 is 1.68 bits per heavy atom. The number of rotatable bonds is 8. The average Bonchev–Trinajstić information content (AvgIpc) is 3.36. The summed E-state index contributed by atoms with van der Waals surface area (Å²) in [7, 11) is -3.27. The fourth-order valence-electron chi connectivity index (χ4n) is 4.74. The Morgan fingerprint density at radius 3 is 2.32 bits per heavy atom. The molecule has 2 N–H and O–H groups in total. The Labute approximate surface area is 215 Å². The highest BCUT2D eigenvalue weighted by atomic mass is 32.2. The molecule has 2 amide bonds. The van der Waals surface area contributed by atoms with Crippen molar-refractivity contribution in [2.45, 2.75) is 43.0 Å². The normalized spacial score (nSPS) is 14.6. The van der Waals surface area contributed by atoms with Gasteiger partial charge in [-0.2, -0.15) is 0 Å². The van der Waals surface area contributed by atoms with Crippen molar-refractivity contribution in [1.29, 1.82) is 0 Å². The van der Waals surface area contributed by atoms with Crippen LogP contribution in [0.5, 0.6) is 0 Å². The zero-order chi connectivity index (χ0) is 26.0. The van der Waals surface area contributed by atoms with Crippen LogP contribution in [0.3, 0.4) is 0 Å². The molecule has 0 bridgehead atoms. The van der Waals surface area contributed by atoms with Crippen molar-refractivity contribution >= 4 is 38.3 Å². The molecular formula is C29H28N2O5S. The van der Waals surface area contributed by atoms with Gasteiger partial charge in [-0.05, 0) is 66.8 Å². The minimum atomic E-state index is -3.27. The average molecular weight is 517 g/mol. The predicted octanol–water partition coefficient (Wildman–Crippen LogP) is 5.22. The first-order chi connectivity index (χ1) is 17.8. The van der Waals surface area contributed by atoms with Crippen molar-refractivity contribution in [1.82, 2.24) is 5.32 Å². The Hall–Kier alpha value is -3.91. The molecule has 0 atom stereocenters. The summed E-state index contributed by atoms with van der Waals surface area (Å²) in [6.07, 6.45) is 4.40. The molecule has 4 aromatic rings. The maximum Gasteiger partial charge on any atom is 0.259 e. The number of carbonyl (C=O) groups excluding carboxylic acids is 2. The van der Waals surface area contributed by atoms with E-state index in [4.69, 9.17) is 4.42 Å². The molecular weight excluding hydrogens is 488 g/mol. The molecule has 1 aromatic heterocycles. The summed E-state index contributed by atoms with van der Waals surface area (Å²) in [4.78, 5) is 26.0. The lowest BCUT2D eigenvalue weighted by Gasteiger charge is -2.43. The molecule has 1 fully saturated rings. The van der Waals surface area contributed by atoms with Gasteiger partial charge in [-0.3, -0.25) is 9.59 Å². The molecule has 190 valence electrons. The van der Waals surface area contributed by atoms with Gasteiger partial charge in [0.15, 0.2) is 9.84 Å². The number of amides is 2. The van der Waals surface area contributed by atoms with E-state index in [0.717, 1.165) is 35.8 Å². The second kappa shape index (κ2) is 9.86. The van der Waals surface area contributed by atoms with Crippen molar-refractivity contribution in [2.24, 2.45) is 0 Å². The topological polar surface area (TPSA) is 105 Å². The van der Waals surface area contributed by atoms with Crippen molar-refractivity contribution in [2.75, 3.05) is 11.1 Å². The van der Waals surface area contributed by atoms with E-state index in [0.29, 0.717) is 16.8 Å². The second-order valence-electron chi connectivity index (χ2n) is 9.38. The van der Waals surface area contributed by atoms with Gasteiger partial charge in [-0.1, -0.05) is 43.3 Å². The smallest absolute Gasteiger partial charge is 0.259 e. The number of nitrogens with one attached hydrogen (secondary N) is 2. The summed E-state index contributed by atoms with van der Waals surface area (Å²) in [6, 6.07) is 21.3. The number of furan rings is 1. The van der Waals surface area contributed by atoms with Crippen LogP contribution in [0.2, 0.25) is 0 Å². The number of para-hydroxylation sites is 1. The van der Waals surface area contributed by atoms with Crippen LogP contribution in [0.4, 0.5) is 5.69 Å². The quantitative estimate of drug-likeness (QED) is 0.334. The maximum atomic E-state index is 12.9. The molecule has 0 unspecified atom stereocenters. The zero-order valence-electron chi connectivity index (χ0n) is 20.5. The molecule has 7 nitrogen and oxygen atoms in total. The van der Waals surface area contributed by atoms with E-state index in [9.17, 15) is 18.0 Å². The van der Waals surface area contributed by atoms with E-state index in [1.807, 2.05) is 42.5 Å². The molecule has 1 saturated carbocycles. The Morgan fingerprint density at radius 1 is 0.946 bits per heavy atom. The summed E-state index contributed by atoms with van der Waals surface area (Å²) in [5.41, 5.74) is 2.98. The van der Waals surface area contributed by atoms with Gasteiger partial charge in [0.25, 0.3) is 5.91 Å². The fraction of sp³-hybridized carbons (Fsp3) is 0.241. The molecule has 37 heavy (non-hydrogen) atoms. The zero-order valence-corrected chi connectivity index (χ0v) is 21.3. The highest BCUT2D eigenvalue weighted by Gasteiger charge is 2.39. The van der Waals surface area contributed by atoms with Crippen molar-refractivity contribution in [3.05, 3.63) is 95.7 Å². The minimum absolute atomic E-state index is 0.0396. The van der Waals surface area contributed by atoms with Gasteiger partial charge in [-0.15, -0.1) is 0 Å². The SMILES string of the molecule is CCS(=O)(=O)c1ccc(CC(=O)NC2(c3ccc(NC(=O)c4cccc5ccoc45)cc3)CCC2)cc1. The standard InChI is InChI=1S/C29H28N2O5S/c1-2-37(34,35)24-13-7-20(8-14-24)19-26(32)31-29(16-4-17-29)22-9-11-23(12-10-22)30-28(33)25-6-3-5-21-15-18-36-27(21)25/h3,5-15,18H,2,4,16-17,19H2,1H3,(H,30,33)(H,31,32). The van der Waals surface area contributed by atoms with Crippen LogP contribution in [0.25, 0.3) is 11.0 Å². The van der Waals surface area contributed by atoms with Gasteiger partial charge in [0.1, 0.15) is 5.58 Å². The number of hydrogen-bond donors (Lipinski definition) is 2. The molecule has 1 heterocycles. The third kappa shape index (κ3) is 5.02. The Kier molecular flexibility index (Phi) is 6.60. The lowest BCUT2D eigenvalue weighted by molar-refractivity contribution is -0.123. The van der Waals surface area contributed by atoms with E-state index < -0.39 is 15.4 Å². The molecule has 0 spiro atoms. The van der Waals surface area contributed by atoms with Crippen LogP contribution < -0.4 is 10.6 Å². The summed E-state index contributed by atoms with van der Waals surface area (Å²) in [5, 5.41) is 6.98. The summed E-state index contributed by atoms with van der Waals surface area (Å²) in [6.45, 7) is 1.61. The van der Waals surface area contributed by atoms with Crippen molar-refractivity contribution in [3.63, 3.8) is 0 Å². The van der Waals surface area contributed by atoms with Gasteiger partial charge >= 0.3 is 0 Å². The van der Waals surface area contributed by atoms with E-state index >= 15 is 0 Å². The van der Waals surface area contributed by atoms with Gasteiger partial charge in [0.05, 0.1) is 34.4 Å². The first-order valence-corrected chi connectivity index (χ1v) is 14.0. The number of sulfone groups is 1. The van der Waals surface area contributed by atoms with Crippen molar-refractivity contribution in [3.8, 4) is 0 Å². The molecule has 8 heteroatoms. The molecule has 1 aliphatic rings. The van der Waals surface area contributed by atoms with Gasteiger partial charge in [0.2, 0.25) is 5.91 Å². The summed E-state index contributed by atoms with van der Waals surface area (Å²) < 4.78 is 29.5. The first-order valence-electron chi connectivity index (χ1n) is 12.3. The number of carbonyl (C=O) groups is 2. The lowest BCUT2D eigenvalue weighted by atomic mass is 9.71. The van der Waals surface area contributed by atoms with E-state index in [1.54, 1.807) is 43.5 Å². The maximum absolute atomic E-state index is 12.9. The monoisotopic (exact) mass is 516 g/mol. The van der Waals surface area contributed by atoms with Crippen LogP contribution >= 0.6 is 0 Å². The highest BCUT2D eigenvalue weighted by molar-refractivity contribution is 7.91. The van der Waals surface area contributed by atoms with Gasteiger partial charge < -0.3 is 15.1 Å². The fourth-order valence-corrected chi connectivity index (χ4v) is 5.62. The molecule has 0 radical (unpaired) electrons. The largest absolute Gasteiger partial charge is 0.464 e. The first kappa shape index (κ1) is 24.8. The Balaban J connectivity index is 1.25. The van der Waals surface area contributed by atoms with Gasteiger partial charge in [-0.25, -0.2) is 8.42 Å². The van der Waals surface area contributed by atoms with Crippen LogP contribution in [-0.4, -0.2) is 26.0 Å². The van der Waals surface area contributed by atoms with Crippen molar-refractivity contribution < 1.29 is 22.4 Å². The molecule has 5 rings (SSSR count). The third-order valence-electron chi connectivity index (χ3n) is 7.03. The summed E-state index contributed by atoms with van der Waals surface area (Å²) >= 11 is 0. The molecule has 3 aromatic carbocycles. The van der Waals surface area contributed by atoms with Gasteiger partial charge in [0, 0.05) is 11.1 Å². The molecule has 1 aliphatic carbocycles. The van der Waals surface area contributed by atoms with Crippen LogP contribution in [0, 0.1) is 0 Å². The molecule has 0 aliphatic heterocycles. The predicted molar refractivity (Wildman–Crippen MR) is 142 cm³/mol. The Bertz CT molecular complexity index is 1550. The number of fused-ring (bicyclic) bond motifs is 1. The minimum Gasteiger partial charge on any atom is -0.464 e. The number of anilines is 1.